The summed E-state index contributed by atoms with van der Waals surface area (Å²) in [4.78, 5) is 11.8. The SMILES string of the molecule is Cc1cc(C(=O)NC2CCC(N)CC2)n[nH]1. The zero-order valence-electron chi connectivity index (χ0n) is 9.49. The van der Waals surface area contributed by atoms with E-state index in [0.29, 0.717) is 11.7 Å². The largest absolute Gasteiger partial charge is 0.348 e. The lowest BCUT2D eigenvalue weighted by atomic mass is 9.92. The highest BCUT2D eigenvalue weighted by atomic mass is 16.2. The van der Waals surface area contributed by atoms with Gasteiger partial charge in [0.15, 0.2) is 0 Å². The fourth-order valence-electron chi connectivity index (χ4n) is 2.06. The number of nitrogens with zero attached hydrogens (tertiary/aromatic N) is 1. The van der Waals surface area contributed by atoms with Crippen LogP contribution < -0.4 is 11.1 Å². The standard InChI is InChI=1S/C11H18N4O/c1-7-6-10(15-14-7)11(16)13-9-4-2-8(12)3-5-9/h6,8-9H,2-5,12H2,1H3,(H,13,16)(H,14,15). The summed E-state index contributed by atoms with van der Waals surface area (Å²) in [6.45, 7) is 1.88. The van der Waals surface area contributed by atoms with Crippen molar-refractivity contribution < 1.29 is 4.79 Å². The van der Waals surface area contributed by atoms with Gasteiger partial charge in [0, 0.05) is 17.8 Å². The second-order valence-electron chi connectivity index (χ2n) is 4.52. The van der Waals surface area contributed by atoms with Gasteiger partial charge in [-0.15, -0.1) is 0 Å². The van der Waals surface area contributed by atoms with Crippen LogP contribution in [0.1, 0.15) is 41.9 Å². The molecule has 5 heteroatoms. The maximum atomic E-state index is 11.8. The molecule has 0 atom stereocenters. The third-order valence-electron chi connectivity index (χ3n) is 3.05. The quantitative estimate of drug-likeness (QED) is 0.689. The van der Waals surface area contributed by atoms with Crippen molar-refractivity contribution in [2.24, 2.45) is 5.73 Å². The fraction of sp³-hybridized carbons (Fsp3) is 0.636. The molecule has 16 heavy (non-hydrogen) atoms. The van der Waals surface area contributed by atoms with Crippen molar-refractivity contribution in [2.45, 2.75) is 44.7 Å². The molecule has 5 nitrogen and oxygen atoms in total. The monoisotopic (exact) mass is 222 g/mol. The highest BCUT2D eigenvalue weighted by Gasteiger charge is 2.21. The van der Waals surface area contributed by atoms with E-state index in [1.165, 1.54) is 0 Å². The first-order valence-corrected chi connectivity index (χ1v) is 5.73. The number of carbonyl (C=O) groups is 1. The van der Waals surface area contributed by atoms with Gasteiger partial charge in [0.25, 0.3) is 5.91 Å². The molecule has 0 spiro atoms. The number of amides is 1. The Kier molecular flexibility index (Phi) is 3.24. The number of hydrogen-bond acceptors (Lipinski definition) is 3. The second kappa shape index (κ2) is 4.65. The predicted molar refractivity (Wildman–Crippen MR) is 61.0 cm³/mol. The number of aromatic amines is 1. The predicted octanol–water partition coefficient (Wildman–Crippen LogP) is 0.718. The van der Waals surface area contributed by atoms with Crippen LogP contribution in [0, 0.1) is 6.92 Å². The molecule has 1 aromatic heterocycles. The summed E-state index contributed by atoms with van der Waals surface area (Å²) in [6, 6.07) is 2.31. The Morgan fingerprint density at radius 2 is 2.19 bits per heavy atom. The Bertz CT molecular complexity index is 366. The summed E-state index contributed by atoms with van der Waals surface area (Å²) in [7, 11) is 0. The topological polar surface area (TPSA) is 83.8 Å². The molecule has 0 aromatic carbocycles. The smallest absolute Gasteiger partial charge is 0.271 e. The summed E-state index contributed by atoms with van der Waals surface area (Å²) < 4.78 is 0. The summed E-state index contributed by atoms with van der Waals surface area (Å²) in [5.74, 6) is -0.0928. The third-order valence-corrected chi connectivity index (χ3v) is 3.05. The van der Waals surface area contributed by atoms with Crippen molar-refractivity contribution in [2.75, 3.05) is 0 Å². The molecule has 1 saturated carbocycles. The zero-order valence-corrected chi connectivity index (χ0v) is 9.49. The average molecular weight is 222 g/mol. The molecular weight excluding hydrogens is 204 g/mol. The lowest BCUT2D eigenvalue weighted by Crippen LogP contribution is -2.40. The molecule has 88 valence electrons. The second-order valence-corrected chi connectivity index (χ2v) is 4.52. The minimum Gasteiger partial charge on any atom is -0.348 e. The lowest BCUT2D eigenvalue weighted by Gasteiger charge is -2.26. The van der Waals surface area contributed by atoms with Gasteiger partial charge >= 0.3 is 0 Å². The number of nitrogens with two attached hydrogens (primary N) is 1. The number of aromatic nitrogens is 2. The van der Waals surface area contributed by atoms with Gasteiger partial charge in [0.1, 0.15) is 5.69 Å². The Hall–Kier alpha value is -1.36. The van der Waals surface area contributed by atoms with Gasteiger partial charge < -0.3 is 11.1 Å². The molecule has 2 rings (SSSR count). The summed E-state index contributed by atoms with van der Waals surface area (Å²) in [5.41, 5.74) is 7.18. The summed E-state index contributed by atoms with van der Waals surface area (Å²) in [5, 5.41) is 9.69. The molecule has 0 radical (unpaired) electrons. The van der Waals surface area contributed by atoms with Crippen LogP contribution in [-0.4, -0.2) is 28.2 Å². The van der Waals surface area contributed by atoms with Crippen LogP contribution in [0.5, 0.6) is 0 Å². The first-order valence-electron chi connectivity index (χ1n) is 5.73. The van der Waals surface area contributed by atoms with Crippen molar-refractivity contribution >= 4 is 5.91 Å². The number of H-pyrrole nitrogens is 1. The van der Waals surface area contributed by atoms with Gasteiger partial charge in [-0.1, -0.05) is 0 Å². The van der Waals surface area contributed by atoms with E-state index >= 15 is 0 Å². The lowest BCUT2D eigenvalue weighted by molar-refractivity contribution is 0.0921. The number of rotatable bonds is 2. The normalized spacial score (nSPS) is 25.4. The Balaban J connectivity index is 1.88. The Labute approximate surface area is 94.8 Å². The van der Waals surface area contributed by atoms with Crippen LogP contribution in [0.3, 0.4) is 0 Å². The van der Waals surface area contributed by atoms with Crippen molar-refractivity contribution in [1.82, 2.24) is 15.5 Å². The number of aryl methyl sites for hydroxylation is 1. The van der Waals surface area contributed by atoms with E-state index < -0.39 is 0 Å². The van der Waals surface area contributed by atoms with Crippen molar-refractivity contribution in [3.8, 4) is 0 Å². The van der Waals surface area contributed by atoms with Crippen LogP contribution in [0.25, 0.3) is 0 Å². The van der Waals surface area contributed by atoms with E-state index in [0.717, 1.165) is 31.4 Å². The highest BCUT2D eigenvalue weighted by molar-refractivity contribution is 5.92. The number of hydrogen-bond donors (Lipinski definition) is 3. The van der Waals surface area contributed by atoms with Crippen LogP contribution >= 0.6 is 0 Å². The van der Waals surface area contributed by atoms with E-state index in [1.807, 2.05) is 6.92 Å². The van der Waals surface area contributed by atoms with Gasteiger partial charge in [-0.2, -0.15) is 5.10 Å². The Morgan fingerprint density at radius 3 is 2.75 bits per heavy atom. The van der Waals surface area contributed by atoms with Crippen LogP contribution in [-0.2, 0) is 0 Å². The van der Waals surface area contributed by atoms with Crippen molar-refractivity contribution in [1.29, 1.82) is 0 Å². The first kappa shape index (κ1) is 11.1. The molecule has 1 aliphatic rings. The molecule has 1 aromatic rings. The summed E-state index contributed by atoms with van der Waals surface area (Å²) >= 11 is 0. The van der Waals surface area contributed by atoms with Crippen molar-refractivity contribution in [3.63, 3.8) is 0 Å². The molecule has 0 unspecified atom stereocenters. The molecule has 1 fully saturated rings. The minimum absolute atomic E-state index is 0.0928. The molecule has 0 saturated heterocycles. The van der Waals surface area contributed by atoms with Crippen molar-refractivity contribution in [3.05, 3.63) is 17.5 Å². The fourth-order valence-corrected chi connectivity index (χ4v) is 2.06. The first-order chi connectivity index (χ1) is 7.65. The molecule has 4 N–H and O–H groups in total. The average Bonchev–Trinajstić information content (AvgIpc) is 2.68. The Morgan fingerprint density at radius 1 is 1.50 bits per heavy atom. The van der Waals surface area contributed by atoms with E-state index in [-0.39, 0.29) is 11.9 Å². The maximum Gasteiger partial charge on any atom is 0.271 e. The van der Waals surface area contributed by atoms with E-state index in [9.17, 15) is 4.79 Å². The van der Waals surface area contributed by atoms with E-state index in [1.54, 1.807) is 6.07 Å². The zero-order chi connectivity index (χ0) is 11.5. The molecule has 1 aliphatic carbocycles. The molecule has 0 bridgehead atoms. The van der Waals surface area contributed by atoms with Gasteiger partial charge in [-0.05, 0) is 38.7 Å². The van der Waals surface area contributed by atoms with Gasteiger partial charge in [0.2, 0.25) is 0 Å². The maximum absolute atomic E-state index is 11.8. The number of carbonyl (C=O) groups excluding carboxylic acids is 1. The minimum atomic E-state index is -0.0928. The number of nitrogens with one attached hydrogen (secondary N) is 2. The third kappa shape index (κ3) is 2.61. The molecule has 0 aliphatic heterocycles. The van der Waals surface area contributed by atoms with Crippen LogP contribution in [0.2, 0.25) is 0 Å². The van der Waals surface area contributed by atoms with Crippen LogP contribution in [0.4, 0.5) is 0 Å². The van der Waals surface area contributed by atoms with Gasteiger partial charge in [-0.25, -0.2) is 0 Å². The summed E-state index contributed by atoms with van der Waals surface area (Å²) in [6.07, 6.45) is 3.92. The molecule has 1 heterocycles. The van der Waals surface area contributed by atoms with E-state index in [4.69, 9.17) is 5.73 Å². The van der Waals surface area contributed by atoms with E-state index in [2.05, 4.69) is 15.5 Å². The molecule has 1 amide bonds. The highest BCUT2D eigenvalue weighted by Crippen LogP contribution is 2.17. The molecular formula is C11H18N4O. The van der Waals surface area contributed by atoms with Gasteiger partial charge in [-0.3, -0.25) is 9.89 Å². The van der Waals surface area contributed by atoms with Crippen LogP contribution in [0.15, 0.2) is 6.07 Å². The van der Waals surface area contributed by atoms with Gasteiger partial charge in [0.05, 0.1) is 0 Å².